The predicted octanol–water partition coefficient (Wildman–Crippen LogP) is 5.15. The first kappa shape index (κ1) is 41.2. The van der Waals surface area contributed by atoms with E-state index in [1.807, 2.05) is 57.2 Å². The molecule has 0 bridgehead atoms. The van der Waals surface area contributed by atoms with Gasteiger partial charge in [-0.2, -0.15) is 0 Å². The first-order valence-electron chi connectivity index (χ1n) is 19.0. The van der Waals surface area contributed by atoms with Gasteiger partial charge in [-0.25, -0.2) is 36.5 Å². The zero-order valence-corrected chi connectivity index (χ0v) is 35.8. The van der Waals surface area contributed by atoms with Crippen molar-refractivity contribution in [1.82, 2.24) is 44.2 Å². The number of rotatable bonds is 13. The summed E-state index contributed by atoms with van der Waals surface area (Å²) in [5.41, 5.74) is 11.8. The number of likely N-dealkylation sites (tertiary alicyclic amines) is 1. The summed E-state index contributed by atoms with van der Waals surface area (Å²) in [7, 11) is -7.31. The molecule has 16 nitrogen and oxygen atoms in total. The summed E-state index contributed by atoms with van der Waals surface area (Å²) in [6, 6.07) is 12.7. The van der Waals surface area contributed by atoms with Gasteiger partial charge in [0.2, 0.25) is 26.0 Å². The molecule has 0 saturated carbocycles. The van der Waals surface area contributed by atoms with Gasteiger partial charge >= 0.3 is 0 Å². The van der Waals surface area contributed by atoms with Gasteiger partial charge in [-0.15, -0.1) is 11.3 Å². The summed E-state index contributed by atoms with van der Waals surface area (Å²) in [5.74, 6) is -0.0101. The van der Waals surface area contributed by atoms with E-state index in [0.29, 0.717) is 42.1 Å². The van der Waals surface area contributed by atoms with Gasteiger partial charge in [0.15, 0.2) is 0 Å². The van der Waals surface area contributed by atoms with Crippen molar-refractivity contribution in [3.05, 3.63) is 65.4 Å². The predicted molar refractivity (Wildman–Crippen MR) is 227 cm³/mol. The number of nitrogens with one attached hydrogen (secondary N) is 4. The van der Waals surface area contributed by atoms with E-state index in [0.717, 1.165) is 67.0 Å². The van der Waals surface area contributed by atoms with Crippen molar-refractivity contribution >= 4 is 86.3 Å². The van der Waals surface area contributed by atoms with Crippen LogP contribution in [-0.4, -0.2) is 95.0 Å². The highest BCUT2D eigenvalue weighted by atomic mass is 32.2. The summed E-state index contributed by atoms with van der Waals surface area (Å²) >= 11 is 1.50. The summed E-state index contributed by atoms with van der Waals surface area (Å²) in [4.78, 5) is 51.9. The molecule has 3 aromatic carbocycles. The van der Waals surface area contributed by atoms with Crippen LogP contribution in [0.15, 0.2) is 53.7 Å². The van der Waals surface area contributed by atoms with Crippen LogP contribution in [0.2, 0.25) is 0 Å². The number of imidazole rings is 2. The maximum Gasteiger partial charge on any atom is 0.272 e. The number of nitrogens with zero attached hydrogens (tertiary/aromatic N) is 5. The second kappa shape index (κ2) is 15.7. The maximum atomic E-state index is 13.7. The monoisotopic (exact) mass is 848 g/mol. The zero-order chi connectivity index (χ0) is 41.8. The highest BCUT2D eigenvalue weighted by Gasteiger charge is 2.38. The molecule has 308 valence electrons. The van der Waals surface area contributed by atoms with E-state index in [-0.39, 0.29) is 30.1 Å². The SMILES string of the molecule is CCCN(C(=O)C(NS(C)(=O)=O)=C(C)C)[C@@H](N)c1nc2ccc3nc(-c4ccc5c(ccc6nc([C@@H]7CCCN7C(=O)[C@@H](NS(C)(=O)=O)C(C)C)[nH]c65)c4)sc3c2[nH]1. The Morgan fingerprint density at radius 2 is 1.67 bits per heavy atom. The Labute approximate surface area is 340 Å². The average molecular weight is 849 g/mol. The number of nitrogens with two attached hydrogens (primary N) is 1. The van der Waals surface area contributed by atoms with E-state index in [1.54, 1.807) is 18.7 Å². The molecule has 7 rings (SSSR count). The number of aromatic nitrogens is 5. The molecule has 6 N–H and O–H groups in total. The molecule has 0 unspecified atom stereocenters. The van der Waals surface area contributed by atoms with Crippen LogP contribution in [0.4, 0.5) is 0 Å². The van der Waals surface area contributed by atoms with Crippen molar-refractivity contribution in [1.29, 1.82) is 0 Å². The zero-order valence-electron chi connectivity index (χ0n) is 33.4. The van der Waals surface area contributed by atoms with Gasteiger partial charge in [-0.3, -0.25) is 14.3 Å². The molecule has 4 heterocycles. The topological polar surface area (TPSA) is 229 Å². The number of carbonyl (C=O) groups is 2. The molecule has 2 amide bonds. The molecule has 1 fully saturated rings. The lowest BCUT2D eigenvalue weighted by Crippen LogP contribution is -2.50. The number of sulfonamides is 2. The normalized spacial score (nSPS) is 16.2. The lowest BCUT2D eigenvalue weighted by molar-refractivity contribution is -0.135. The van der Waals surface area contributed by atoms with Crippen molar-refractivity contribution in [2.24, 2.45) is 11.7 Å². The van der Waals surface area contributed by atoms with Gasteiger partial charge in [0.25, 0.3) is 5.91 Å². The fourth-order valence-electron chi connectivity index (χ4n) is 7.50. The van der Waals surface area contributed by atoms with E-state index in [2.05, 4.69) is 25.5 Å². The van der Waals surface area contributed by atoms with Crippen LogP contribution < -0.4 is 15.2 Å². The number of hydrogen-bond acceptors (Lipinski definition) is 11. The van der Waals surface area contributed by atoms with E-state index >= 15 is 0 Å². The standard InChI is InChI=1S/C39H48N10O6S3/c1-8-17-49(39(51)30(21(4)5)47-58(7,54)55)34(40)36-42-26-15-16-27-33(32(26)45-36)56-37(43-27)23-11-13-24-22(19-23)12-14-25-31(24)44-35(41-25)28-10-9-18-48(28)38(50)29(20(2)3)46-57(6,52)53/h11-16,19-20,28-29,34,46-47H,8-10,17-18,40H2,1-7H3,(H,41,44)(H,42,45)/t28-,29-,34+/m0/s1. The molecule has 3 aromatic heterocycles. The third-order valence-electron chi connectivity index (χ3n) is 10.2. The average Bonchev–Trinajstić information content (AvgIpc) is 3.97. The molecule has 19 heteroatoms. The van der Waals surface area contributed by atoms with E-state index in [9.17, 15) is 26.4 Å². The Morgan fingerprint density at radius 3 is 2.34 bits per heavy atom. The molecule has 3 atom stereocenters. The summed E-state index contributed by atoms with van der Waals surface area (Å²) in [6.45, 7) is 9.66. The van der Waals surface area contributed by atoms with Gasteiger partial charge in [0.05, 0.1) is 50.8 Å². The van der Waals surface area contributed by atoms with E-state index < -0.39 is 38.2 Å². The number of aromatic amines is 2. The molecule has 58 heavy (non-hydrogen) atoms. The Morgan fingerprint density at radius 1 is 0.966 bits per heavy atom. The fraction of sp³-hybridized carbons (Fsp3) is 0.410. The molecule has 0 spiro atoms. The number of amides is 2. The second-order valence-corrected chi connectivity index (χ2v) is 20.0. The van der Waals surface area contributed by atoms with Crippen molar-refractivity contribution in [2.45, 2.75) is 72.1 Å². The van der Waals surface area contributed by atoms with E-state index in [1.165, 1.54) is 16.2 Å². The molecule has 1 aliphatic rings. The first-order chi connectivity index (χ1) is 27.3. The van der Waals surface area contributed by atoms with Crippen LogP contribution in [0.1, 0.15) is 77.7 Å². The Kier molecular flexibility index (Phi) is 11.1. The van der Waals surface area contributed by atoms with Gasteiger partial charge in [-0.05, 0) is 74.3 Å². The maximum absolute atomic E-state index is 13.7. The quantitative estimate of drug-likeness (QED) is 0.0759. The van der Waals surface area contributed by atoms with Crippen molar-refractivity contribution in [3.8, 4) is 10.6 Å². The van der Waals surface area contributed by atoms with E-state index in [4.69, 9.17) is 20.7 Å². The molecule has 0 aliphatic carbocycles. The van der Waals surface area contributed by atoms with Crippen molar-refractivity contribution in [2.75, 3.05) is 25.6 Å². The van der Waals surface area contributed by atoms with Gasteiger partial charge < -0.3 is 25.5 Å². The largest absolute Gasteiger partial charge is 0.340 e. The van der Waals surface area contributed by atoms with Crippen molar-refractivity contribution in [3.63, 3.8) is 0 Å². The van der Waals surface area contributed by atoms with Gasteiger partial charge in [0, 0.05) is 24.0 Å². The molecule has 0 radical (unpaired) electrons. The number of benzene rings is 3. The third-order valence-corrected chi connectivity index (χ3v) is 12.6. The summed E-state index contributed by atoms with van der Waals surface area (Å²) < 4.78 is 54.0. The number of H-pyrrole nitrogens is 2. The molecule has 1 aliphatic heterocycles. The number of fused-ring (bicyclic) bond motifs is 6. The summed E-state index contributed by atoms with van der Waals surface area (Å²) in [5, 5.41) is 2.72. The molecule has 6 aromatic rings. The highest BCUT2D eigenvalue weighted by molar-refractivity contribution is 7.89. The molecular weight excluding hydrogens is 801 g/mol. The highest BCUT2D eigenvalue weighted by Crippen LogP contribution is 2.38. The van der Waals surface area contributed by atoms with Crippen molar-refractivity contribution < 1.29 is 26.4 Å². The van der Waals surface area contributed by atoms with Crippen LogP contribution in [0.3, 0.4) is 0 Å². The van der Waals surface area contributed by atoms with Gasteiger partial charge in [-0.1, -0.05) is 39.0 Å². The van der Waals surface area contributed by atoms with Crippen LogP contribution in [0, 0.1) is 5.92 Å². The molecular formula is C39H48N10O6S3. The minimum atomic E-state index is -3.71. The van der Waals surface area contributed by atoms with Gasteiger partial charge in [0.1, 0.15) is 34.6 Å². The number of hydrogen-bond donors (Lipinski definition) is 5. The number of carbonyl (C=O) groups excluding carboxylic acids is 2. The lowest BCUT2D eigenvalue weighted by atomic mass is 10.0. The number of allylic oxidation sites excluding steroid dienone is 1. The summed E-state index contributed by atoms with van der Waals surface area (Å²) in [6.07, 6.45) is 3.15. The minimum Gasteiger partial charge on any atom is -0.340 e. The Hall–Kier alpha value is -4.95. The van der Waals surface area contributed by atoms with Crippen LogP contribution in [-0.2, 0) is 29.6 Å². The number of thiazole rings is 1. The first-order valence-corrected chi connectivity index (χ1v) is 23.6. The van der Waals surface area contributed by atoms with Crippen LogP contribution in [0.25, 0.3) is 53.6 Å². The Balaban J connectivity index is 1.18. The second-order valence-electron chi connectivity index (χ2n) is 15.5. The fourth-order valence-corrected chi connectivity index (χ4v) is 10.1. The minimum absolute atomic E-state index is 0.0467. The lowest BCUT2D eigenvalue weighted by Gasteiger charge is -2.29. The van der Waals surface area contributed by atoms with Crippen LogP contribution >= 0.6 is 11.3 Å². The van der Waals surface area contributed by atoms with Crippen LogP contribution in [0.5, 0.6) is 0 Å². The Bertz CT molecular complexity index is 2840. The smallest absolute Gasteiger partial charge is 0.272 e. The third kappa shape index (κ3) is 8.18. The molecule has 1 saturated heterocycles.